The zero-order chi connectivity index (χ0) is 13.0. The zero-order valence-electron chi connectivity index (χ0n) is 11.3. The van der Waals surface area contributed by atoms with Crippen LogP contribution in [0.25, 0.3) is 0 Å². The summed E-state index contributed by atoms with van der Waals surface area (Å²) in [6.07, 6.45) is 0. The molecule has 0 aliphatic carbocycles. The number of rotatable bonds is 5. The summed E-state index contributed by atoms with van der Waals surface area (Å²) in [6, 6.07) is 3.91. The van der Waals surface area contributed by atoms with E-state index in [1.165, 1.54) is 0 Å². The minimum absolute atomic E-state index is 0.240. The van der Waals surface area contributed by atoms with Gasteiger partial charge in [-0.2, -0.15) is 0 Å². The molecule has 0 heterocycles. The first-order chi connectivity index (χ1) is 7.93. The molecule has 96 valence electrons. The molecule has 0 aliphatic heterocycles. The van der Waals surface area contributed by atoms with Gasteiger partial charge in [-0.15, -0.1) is 0 Å². The number of methoxy groups -OCH3 is 1. The summed E-state index contributed by atoms with van der Waals surface area (Å²) in [4.78, 5) is 4.11. The molecule has 0 spiro atoms. The molecular formula is C13H22N2O2. The van der Waals surface area contributed by atoms with Crippen LogP contribution in [0.2, 0.25) is 0 Å². The number of hydrogen-bond donors (Lipinski definition) is 1. The minimum atomic E-state index is 0.240. The lowest BCUT2D eigenvalue weighted by Gasteiger charge is -2.17. The van der Waals surface area contributed by atoms with E-state index in [4.69, 9.17) is 4.74 Å². The van der Waals surface area contributed by atoms with E-state index in [9.17, 15) is 5.11 Å². The van der Waals surface area contributed by atoms with Crippen molar-refractivity contribution in [1.82, 2.24) is 9.80 Å². The molecule has 1 aromatic rings. The Kier molecular flexibility index (Phi) is 4.78. The van der Waals surface area contributed by atoms with E-state index in [2.05, 4.69) is 4.90 Å². The van der Waals surface area contributed by atoms with Gasteiger partial charge in [0.2, 0.25) is 0 Å². The first-order valence-electron chi connectivity index (χ1n) is 5.62. The van der Waals surface area contributed by atoms with Crippen LogP contribution in [-0.4, -0.2) is 50.2 Å². The molecular weight excluding hydrogens is 216 g/mol. The predicted octanol–water partition coefficient (Wildman–Crippen LogP) is 1.52. The lowest BCUT2D eigenvalue weighted by atomic mass is 10.1. The van der Waals surface area contributed by atoms with Crippen LogP contribution in [0.5, 0.6) is 11.5 Å². The summed E-state index contributed by atoms with van der Waals surface area (Å²) < 4.78 is 5.20. The quantitative estimate of drug-likeness (QED) is 0.844. The molecule has 0 aromatic heterocycles. The lowest BCUT2D eigenvalue weighted by Crippen LogP contribution is -2.13. The van der Waals surface area contributed by atoms with Crippen molar-refractivity contribution in [3.63, 3.8) is 0 Å². The van der Waals surface area contributed by atoms with Gasteiger partial charge in [-0.3, -0.25) is 0 Å². The number of ether oxygens (including phenoxy) is 1. The maximum absolute atomic E-state index is 10.0. The summed E-state index contributed by atoms with van der Waals surface area (Å²) in [6.45, 7) is 1.53. The van der Waals surface area contributed by atoms with Crippen LogP contribution in [-0.2, 0) is 13.1 Å². The van der Waals surface area contributed by atoms with E-state index in [1.54, 1.807) is 7.11 Å². The highest BCUT2D eigenvalue weighted by Crippen LogP contribution is 2.32. The molecule has 0 atom stereocenters. The van der Waals surface area contributed by atoms with E-state index in [0.29, 0.717) is 12.3 Å². The van der Waals surface area contributed by atoms with Crippen LogP contribution < -0.4 is 4.74 Å². The molecule has 0 bridgehead atoms. The average molecular weight is 238 g/mol. The Labute approximate surface area is 103 Å². The Bertz CT molecular complexity index is 376. The van der Waals surface area contributed by atoms with Gasteiger partial charge >= 0.3 is 0 Å². The van der Waals surface area contributed by atoms with Crippen molar-refractivity contribution in [3.05, 3.63) is 23.3 Å². The fourth-order valence-electron chi connectivity index (χ4n) is 1.80. The molecule has 0 aliphatic rings. The highest BCUT2D eigenvalue weighted by atomic mass is 16.5. The van der Waals surface area contributed by atoms with Gasteiger partial charge in [-0.25, -0.2) is 0 Å². The zero-order valence-corrected chi connectivity index (χ0v) is 11.3. The van der Waals surface area contributed by atoms with Crippen LogP contribution in [0, 0.1) is 0 Å². The van der Waals surface area contributed by atoms with E-state index < -0.39 is 0 Å². The standard InChI is InChI=1S/C13H22N2O2/c1-14(2)8-10-6-11(9-15(3)4)13(16)12(7-10)17-5/h6-7,16H,8-9H2,1-5H3. The van der Waals surface area contributed by atoms with Gasteiger partial charge in [-0.1, -0.05) is 0 Å². The fraction of sp³-hybridized carbons (Fsp3) is 0.538. The molecule has 4 nitrogen and oxygen atoms in total. The fourth-order valence-corrected chi connectivity index (χ4v) is 1.80. The molecule has 0 saturated carbocycles. The summed E-state index contributed by atoms with van der Waals surface area (Å²) in [7, 11) is 9.57. The first-order valence-corrected chi connectivity index (χ1v) is 5.62. The number of aromatic hydroxyl groups is 1. The molecule has 0 unspecified atom stereocenters. The van der Waals surface area contributed by atoms with Crippen LogP contribution in [0.3, 0.4) is 0 Å². The number of nitrogens with zero attached hydrogens (tertiary/aromatic N) is 2. The normalized spacial score (nSPS) is 11.2. The SMILES string of the molecule is COc1cc(CN(C)C)cc(CN(C)C)c1O. The van der Waals surface area contributed by atoms with Crippen molar-refractivity contribution >= 4 is 0 Å². The summed E-state index contributed by atoms with van der Waals surface area (Å²) in [5, 5.41) is 10.0. The number of phenolic OH excluding ortho intramolecular Hbond substituents is 1. The predicted molar refractivity (Wildman–Crippen MR) is 69.4 cm³/mol. The Balaban J connectivity index is 3.09. The molecule has 0 fully saturated rings. The molecule has 17 heavy (non-hydrogen) atoms. The van der Waals surface area contributed by atoms with Gasteiger partial charge in [0.25, 0.3) is 0 Å². The average Bonchev–Trinajstić information content (AvgIpc) is 2.21. The molecule has 0 amide bonds. The third-order valence-electron chi connectivity index (χ3n) is 2.42. The second-order valence-corrected chi connectivity index (χ2v) is 4.78. The van der Waals surface area contributed by atoms with Gasteiger partial charge < -0.3 is 19.6 Å². The smallest absolute Gasteiger partial charge is 0.162 e. The highest BCUT2D eigenvalue weighted by Gasteiger charge is 2.11. The van der Waals surface area contributed by atoms with Gasteiger partial charge in [-0.05, 0) is 45.9 Å². The number of hydrogen-bond acceptors (Lipinski definition) is 4. The van der Waals surface area contributed by atoms with E-state index >= 15 is 0 Å². The van der Waals surface area contributed by atoms with Crippen molar-refractivity contribution in [2.45, 2.75) is 13.1 Å². The Morgan fingerprint density at radius 3 is 2.12 bits per heavy atom. The molecule has 1 N–H and O–H groups in total. The maximum Gasteiger partial charge on any atom is 0.162 e. The van der Waals surface area contributed by atoms with Crippen LogP contribution in [0.4, 0.5) is 0 Å². The third kappa shape index (κ3) is 3.91. The second kappa shape index (κ2) is 5.89. The van der Waals surface area contributed by atoms with Crippen molar-refractivity contribution in [1.29, 1.82) is 0 Å². The Morgan fingerprint density at radius 1 is 1.06 bits per heavy atom. The monoisotopic (exact) mass is 238 g/mol. The second-order valence-electron chi connectivity index (χ2n) is 4.78. The van der Waals surface area contributed by atoms with Crippen LogP contribution in [0.1, 0.15) is 11.1 Å². The summed E-state index contributed by atoms with van der Waals surface area (Å²) >= 11 is 0. The van der Waals surface area contributed by atoms with Crippen LogP contribution >= 0.6 is 0 Å². The molecule has 0 radical (unpaired) electrons. The van der Waals surface area contributed by atoms with Gasteiger partial charge in [0.15, 0.2) is 11.5 Å². The molecule has 1 aromatic carbocycles. The Hall–Kier alpha value is -1.26. The van der Waals surface area contributed by atoms with Crippen molar-refractivity contribution in [2.24, 2.45) is 0 Å². The Morgan fingerprint density at radius 2 is 1.65 bits per heavy atom. The maximum atomic E-state index is 10.0. The van der Waals surface area contributed by atoms with Crippen LogP contribution in [0.15, 0.2) is 12.1 Å². The first kappa shape index (κ1) is 13.8. The molecule has 4 heteroatoms. The minimum Gasteiger partial charge on any atom is -0.504 e. The number of benzene rings is 1. The van der Waals surface area contributed by atoms with E-state index in [0.717, 1.165) is 17.7 Å². The largest absolute Gasteiger partial charge is 0.504 e. The van der Waals surface area contributed by atoms with Crippen molar-refractivity contribution < 1.29 is 9.84 Å². The number of phenols is 1. The van der Waals surface area contributed by atoms with E-state index in [1.807, 2.05) is 45.2 Å². The highest BCUT2D eigenvalue weighted by molar-refractivity contribution is 5.48. The summed E-state index contributed by atoms with van der Waals surface area (Å²) in [5.74, 6) is 0.782. The van der Waals surface area contributed by atoms with Crippen molar-refractivity contribution in [3.8, 4) is 11.5 Å². The van der Waals surface area contributed by atoms with Gasteiger partial charge in [0.1, 0.15) is 0 Å². The molecule has 0 saturated heterocycles. The lowest BCUT2D eigenvalue weighted by molar-refractivity contribution is 0.351. The van der Waals surface area contributed by atoms with Gasteiger partial charge in [0, 0.05) is 18.7 Å². The topological polar surface area (TPSA) is 35.9 Å². The molecule has 1 rings (SSSR count). The summed E-state index contributed by atoms with van der Waals surface area (Å²) in [5.41, 5.74) is 2.03. The van der Waals surface area contributed by atoms with E-state index in [-0.39, 0.29) is 5.75 Å². The third-order valence-corrected chi connectivity index (χ3v) is 2.42. The van der Waals surface area contributed by atoms with Gasteiger partial charge in [0.05, 0.1) is 7.11 Å². The van der Waals surface area contributed by atoms with Crippen molar-refractivity contribution in [2.75, 3.05) is 35.3 Å².